The van der Waals surface area contributed by atoms with E-state index in [1.54, 1.807) is 19.1 Å². The van der Waals surface area contributed by atoms with E-state index in [4.69, 9.17) is 0 Å². The van der Waals surface area contributed by atoms with Gasteiger partial charge in [-0.25, -0.2) is 4.98 Å². The minimum atomic E-state index is -0.490. The number of hydrogen-bond donors (Lipinski definition) is 2. The zero-order valence-electron chi connectivity index (χ0n) is 15.7. The number of anilines is 1. The third-order valence-electron chi connectivity index (χ3n) is 4.16. The quantitative estimate of drug-likeness (QED) is 0.473. The van der Waals surface area contributed by atoms with E-state index in [0.29, 0.717) is 10.7 Å². The maximum atomic E-state index is 12.5. The van der Waals surface area contributed by atoms with Crippen LogP contribution in [0, 0.1) is 6.92 Å². The SMILES string of the molecule is Cc1ccc2nc(NC(=O)C(C)Sc3nnc(-c4ccccc4)c(=O)[nH]3)sc2c1. The number of H-pyrrole nitrogens is 1. The topological polar surface area (TPSA) is 101 Å². The molecular weight excluding hydrogens is 406 g/mol. The van der Waals surface area contributed by atoms with E-state index < -0.39 is 5.25 Å². The molecule has 0 spiro atoms. The summed E-state index contributed by atoms with van der Waals surface area (Å²) in [7, 11) is 0. The van der Waals surface area contributed by atoms with E-state index in [1.807, 2.05) is 43.3 Å². The Hall–Kier alpha value is -3.04. The van der Waals surface area contributed by atoms with E-state index in [9.17, 15) is 9.59 Å². The van der Waals surface area contributed by atoms with Gasteiger partial charge in [-0.1, -0.05) is 59.5 Å². The minimum absolute atomic E-state index is 0.222. The van der Waals surface area contributed by atoms with Gasteiger partial charge in [0.2, 0.25) is 5.91 Å². The maximum absolute atomic E-state index is 12.5. The highest BCUT2D eigenvalue weighted by Crippen LogP contribution is 2.28. The zero-order valence-corrected chi connectivity index (χ0v) is 17.3. The lowest BCUT2D eigenvalue weighted by Gasteiger charge is -2.09. The van der Waals surface area contributed by atoms with Crippen molar-refractivity contribution in [3.63, 3.8) is 0 Å². The van der Waals surface area contributed by atoms with Gasteiger partial charge in [0, 0.05) is 5.56 Å². The number of thioether (sulfide) groups is 1. The first-order valence-electron chi connectivity index (χ1n) is 8.87. The van der Waals surface area contributed by atoms with Crippen LogP contribution in [0.5, 0.6) is 0 Å². The largest absolute Gasteiger partial charge is 0.301 e. The third kappa shape index (κ3) is 4.36. The number of nitrogens with zero attached hydrogens (tertiary/aromatic N) is 3. The van der Waals surface area contributed by atoms with Gasteiger partial charge in [-0.2, -0.15) is 0 Å². The van der Waals surface area contributed by atoms with E-state index in [0.717, 1.165) is 27.5 Å². The second-order valence-corrected chi connectivity index (χ2v) is 8.77. The Morgan fingerprint density at radius 1 is 1.17 bits per heavy atom. The van der Waals surface area contributed by atoms with Crippen molar-refractivity contribution in [2.45, 2.75) is 24.3 Å². The lowest BCUT2D eigenvalue weighted by Crippen LogP contribution is -2.23. The molecule has 2 aromatic heterocycles. The molecule has 9 heteroatoms. The molecule has 1 unspecified atom stereocenters. The van der Waals surface area contributed by atoms with E-state index in [-0.39, 0.29) is 22.3 Å². The summed E-state index contributed by atoms with van der Waals surface area (Å²) in [5.74, 6) is -0.222. The van der Waals surface area contributed by atoms with Crippen LogP contribution in [0.4, 0.5) is 5.13 Å². The molecule has 0 aliphatic heterocycles. The van der Waals surface area contributed by atoms with Crippen LogP contribution < -0.4 is 10.9 Å². The molecular formula is C20H17N5O2S2. The molecule has 0 fully saturated rings. The van der Waals surface area contributed by atoms with E-state index >= 15 is 0 Å². The summed E-state index contributed by atoms with van der Waals surface area (Å²) in [5.41, 5.74) is 2.58. The van der Waals surface area contributed by atoms with Gasteiger partial charge in [-0.3, -0.25) is 14.6 Å². The maximum Gasteiger partial charge on any atom is 0.278 e. The molecule has 146 valence electrons. The normalized spacial score (nSPS) is 12.1. The van der Waals surface area contributed by atoms with Crippen molar-refractivity contribution in [1.29, 1.82) is 0 Å². The molecule has 4 aromatic rings. The van der Waals surface area contributed by atoms with Gasteiger partial charge in [-0.05, 0) is 31.5 Å². The van der Waals surface area contributed by atoms with Gasteiger partial charge in [0.15, 0.2) is 16.0 Å². The first-order chi connectivity index (χ1) is 14.0. The number of aromatic amines is 1. The van der Waals surface area contributed by atoms with Gasteiger partial charge in [0.1, 0.15) is 0 Å². The number of aryl methyl sites for hydroxylation is 1. The second-order valence-electron chi connectivity index (χ2n) is 6.41. The summed E-state index contributed by atoms with van der Waals surface area (Å²) in [4.78, 5) is 32.0. The molecule has 0 aliphatic carbocycles. The van der Waals surface area contributed by atoms with Crippen molar-refractivity contribution < 1.29 is 4.79 Å². The van der Waals surface area contributed by atoms with Gasteiger partial charge < -0.3 is 5.32 Å². The number of nitrogens with one attached hydrogen (secondary N) is 2. The average Bonchev–Trinajstić information content (AvgIpc) is 3.10. The van der Waals surface area contributed by atoms with Crippen molar-refractivity contribution in [2.75, 3.05) is 5.32 Å². The summed E-state index contributed by atoms with van der Waals surface area (Å²) in [6.07, 6.45) is 0. The summed E-state index contributed by atoms with van der Waals surface area (Å²) in [6, 6.07) is 15.1. The van der Waals surface area contributed by atoms with Crippen molar-refractivity contribution in [2.24, 2.45) is 0 Å². The average molecular weight is 424 g/mol. The number of hydrogen-bond acceptors (Lipinski definition) is 7. The number of carbonyl (C=O) groups is 1. The monoisotopic (exact) mass is 423 g/mol. The van der Waals surface area contributed by atoms with Gasteiger partial charge in [-0.15, -0.1) is 10.2 Å². The van der Waals surface area contributed by atoms with Crippen LogP contribution in [0.1, 0.15) is 12.5 Å². The molecule has 0 radical (unpaired) electrons. The fourth-order valence-corrected chi connectivity index (χ4v) is 4.38. The highest BCUT2D eigenvalue weighted by atomic mass is 32.2. The number of fused-ring (bicyclic) bond motifs is 1. The lowest BCUT2D eigenvalue weighted by atomic mass is 10.2. The first kappa shape index (κ1) is 19.3. The summed E-state index contributed by atoms with van der Waals surface area (Å²) >= 11 is 2.56. The molecule has 0 saturated carbocycles. The lowest BCUT2D eigenvalue weighted by molar-refractivity contribution is -0.115. The van der Waals surface area contributed by atoms with Gasteiger partial charge in [0.25, 0.3) is 5.56 Å². The number of benzene rings is 2. The molecule has 2 aromatic carbocycles. The van der Waals surface area contributed by atoms with Crippen molar-refractivity contribution in [3.05, 3.63) is 64.4 Å². The Kier molecular flexibility index (Phi) is 5.41. The van der Waals surface area contributed by atoms with Crippen LogP contribution in [0.15, 0.2) is 58.5 Å². The van der Waals surface area contributed by atoms with Gasteiger partial charge in [0.05, 0.1) is 15.5 Å². The fraction of sp³-hybridized carbons (Fsp3) is 0.150. The van der Waals surface area contributed by atoms with Crippen LogP contribution in [0.3, 0.4) is 0 Å². The van der Waals surface area contributed by atoms with Crippen LogP contribution >= 0.6 is 23.1 Å². The fourth-order valence-electron chi connectivity index (χ4n) is 2.67. The predicted octanol–water partition coefficient (Wildman–Crippen LogP) is 3.87. The molecule has 2 heterocycles. The summed E-state index contributed by atoms with van der Waals surface area (Å²) in [5, 5.41) is 11.3. The number of thiazole rings is 1. The summed E-state index contributed by atoms with van der Waals surface area (Å²) < 4.78 is 1.02. The van der Waals surface area contributed by atoms with E-state index in [1.165, 1.54) is 11.3 Å². The van der Waals surface area contributed by atoms with Crippen LogP contribution in [0.25, 0.3) is 21.5 Å². The van der Waals surface area contributed by atoms with E-state index in [2.05, 4.69) is 25.5 Å². The number of amides is 1. The first-order valence-corrected chi connectivity index (χ1v) is 10.6. The minimum Gasteiger partial charge on any atom is -0.301 e. The highest BCUT2D eigenvalue weighted by Gasteiger charge is 2.18. The molecule has 7 nitrogen and oxygen atoms in total. The second kappa shape index (κ2) is 8.14. The van der Waals surface area contributed by atoms with Crippen LogP contribution in [-0.4, -0.2) is 31.3 Å². The molecule has 1 amide bonds. The Bertz CT molecular complexity index is 1240. The Balaban J connectivity index is 1.45. The Labute approximate surface area is 174 Å². The Morgan fingerprint density at radius 3 is 2.72 bits per heavy atom. The molecule has 0 saturated heterocycles. The zero-order chi connectivity index (χ0) is 20.4. The van der Waals surface area contributed by atoms with Crippen LogP contribution in [0.2, 0.25) is 0 Å². The molecule has 2 N–H and O–H groups in total. The van der Waals surface area contributed by atoms with Crippen LogP contribution in [-0.2, 0) is 4.79 Å². The molecule has 29 heavy (non-hydrogen) atoms. The third-order valence-corrected chi connectivity index (χ3v) is 6.06. The summed E-state index contributed by atoms with van der Waals surface area (Å²) in [6.45, 7) is 3.75. The molecule has 1 atom stereocenters. The smallest absolute Gasteiger partial charge is 0.278 e. The molecule has 4 rings (SSSR count). The van der Waals surface area contributed by atoms with Gasteiger partial charge >= 0.3 is 0 Å². The molecule has 0 bridgehead atoms. The predicted molar refractivity (Wildman–Crippen MR) is 116 cm³/mol. The van der Waals surface area contributed by atoms with Crippen molar-refractivity contribution >= 4 is 44.4 Å². The standard InChI is InChI=1S/C20H17N5O2S2/c1-11-8-9-14-15(10-11)29-19(21-14)22-17(26)12(2)28-20-23-18(27)16(24-25-20)13-6-4-3-5-7-13/h3-10,12H,1-2H3,(H,21,22,26)(H,23,25,27). The highest BCUT2D eigenvalue weighted by molar-refractivity contribution is 8.00. The molecule has 0 aliphatic rings. The number of carbonyl (C=O) groups excluding carboxylic acids is 1. The number of aromatic nitrogens is 4. The number of rotatable bonds is 5. The van der Waals surface area contributed by atoms with Crippen molar-refractivity contribution in [3.8, 4) is 11.3 Å². The Morgan fingerprint density at radius 2 is 1.97 bits per heavy atom. The van der Waals surface area contributed by atoms with Crippen molar-refractivity contribution in [1.82, 2.24) is 20.2 Å².